The van der Waals surface area contributed by atoms with Crippen molar-refractivity contribution in [3.8, 4) is 47.0 Å². The number of allylic oxidation sites excluding steroid dienone is 2. The fourth-order valence-corrected chi connectivity index (χ4v) is 1.62. The molecular formula is C20H19NO2. The van der Waals surface area contributed by atoms with Gasteiger partial charge in [-0.3, -0.25) is 0 Å². The molecule has 3 heteroatoms. The predicted octanol–water partition coefficient (Wildman–Crippen LogP) is 2.33. The molecule has 1 aromatic rings. The van der Waals surface area contributed by atoms with Crippen LogP contribution < -0.4 is 15.2 Å². The highest BCUT2D eigenvalue weighted by atomic mass is 16.5. The molecule has 23 heavy (non-hydrogen) atoms. The van der Waals surface area contributed by atoms with Gasteiger partial charge in [-0.2, -0.15) is 0 Å². The van der Waals surface area contributed by atoms with Gasteiger partial charge in [0.2, 0.25) is 0 Å². The van der Waals surface area contributed by atoms with Crippen LogP contribution >= 0.6 is 0 Å². The van der Waals surface area contributed by atoms with E-state index in [-0.39, 0.29) is 13.2 Å². The zero-order chi connectivity index (χ0) is 16.8. The van der Waals surface area contributed by atoms with E-state index in [9.17, 15) is 0 Å². The Morgan fingerprint density at radius 3 is 2.43 bits per heavy atom. The van der Waals surface area contributed by atoms with E-state index in [4.69, 9.17) is 15.2 Å². The summed E-state index contributed by atoms with van der Waals surface area (Å²) in [7, 11) is 0. The highest BCUT2D eigenvalue weighted by Gasteiger charge is 2.06. The highest BCUT2D eigenvalue weighted by Crippen LogP contribution is 2.28. The normalized spacial score (nSPS) is 8.22. The Bertz CT molecular complexity index is 715. The lowest BCUT2D eigenvalue weighted by atomic mass is 10.1. The Kier molecular flexibility index (Phi) is 9.06. The molecule has 0 saturated heterocycles. The highest BCUT2D eigenvalue weighted by molar-refractivity contribution is 5.43. The van der Waals surface area contributed by atoms with Crippen molar-refractivity contribution >= 4 is 0 Å². The van der Waals surface area contributed by atoms with Crippen LogP contribution in [0.4, 0.5) is 0 Å². The van der Waals surface area contributed by atoms with Crippen molar-refractivity contribution in [1.29, 1.82) is 0 Å². The molecule has 0 aromatic heterocycles. The van der Waals surface area contributed by atoms with Gasteiger partial charge in [0, 0.05) is 0 Å². The van der Waals surface area contributed by atoms with Gasteiger partial charge < -0.3 is 15.2 Å². The van der Waals surface area contributed by atoms with Crippen LogP contribution in [-0.4, -0.2) is 19.8 Å². The summed E-state index contributed by atoms with van der Waals surface area (Å²) < 4.78 is 11.3. The third-order valence-corrected chi connectivity index (χ3v) is 2.57. The van der Waals surface area contributed by atoms with Crippen molar-refractivity contribution in [3.63, 3.8) is 0 Å². The zero-order valence-electron chi connectivity index (χ0n) is 13.0. The number of nitrogens with two attached hydrogens (primary N) is 1. The maximum atomic E-state index is 5.65. The number of ether oxygens (including phenoxy) is 2. The van der Waals surface area contributed by atoms with Gasteiger partial charge in [0.15, 0.2) is 11.5 Å². The second-order valence-electron chi connectivity index (χ2n) is 4.20. The van der Waals surface area contributed by atoms with Gasteiger partial charge in [-0.15, -0.1) is 0 Å². The molecule has 0 fully saturated rings. The minimum Gasteiger partial charge on any atom is -0.477 e. The van der Waals surface area contributed by atoms with Gasteiger partial charge in [0.1, 0.15) is 13.2 Å². The third kappa shape index (κ3) is 7.49. The van der Waals surface area contributed by atoms with Crippen LogP contribution in [0.15, 0.2) is 43.5 Å². The lowest BCUT2D eigenvalue weighted by Crippen LogP contribution is -2.04. The van der Waals surface area contributed by atoms with Crippen molar-refractivity contribution in [3.05, 3.63) is 49.1 Å². The summed E-state index contributed by atoms with van der Waals surface area (Å²) in [4.78, 5) is 0. The molecule has 0 atom stereocenters. The monoisotopic (exact) mass is 305 g/mol. The molecule has 0 saturated carbocycles. The van der Waals surface area contributed by atoms with E-state index in [2.05, 4.69) is 48.7 Å². The van der Waals surface area contributed by atoms with Gasteiger partial charge >= 0.3 is 0 Å². The van der Waals surface area contributed by atoms with E-state index >= 15 is 0 Å². The first-order chi connectivity index (χ1) is 11.3. The lowest BCUT2D eigenvalue weighted by molar-refractivity contribution is 0.314. The quantitative estimate of drug-likeness (QED) is 0.820. The van der Waals surface area contributed by atoms with E-state index in [1.165, 1.54) is 12.2 Å². The largest absolute Gasteiger partial charge is 0.477 e. The fourth-order valence-electron chi connectivity index (χ4n) is 1.62. The van der Waals surface area contributed by atoms with Crippen molar-refractivity contribution in [1.82, 2.24) is 0 Å². The number of rotatable bonds is 6. The Balaban J connectivity index is 2.79. The van der Waals surface area contributed by atoms with Gasteiger partial charge in [-0.25, -0.2) is 0 Å². The Labute approximate surface area is 138 Å². The molecule has 0 aliphatic heterocycles. The summed E-state index contributed by atoms with van der Waals surface area (Å²) in [5.41, 5.74) is 6.66. The molecule has 1 aromatic carbocycles. The number of hydrogen-bond acceptors (Lipinski definition) is 3. The minimum absolute atomic E-state index is 0.219. The standard InChI is InChI=1S/C20H19NO2/c1-3-5-7-8-10-16-22-19-12-11-18(13-14-21)17-20(19)23-15-9-6-4-2/h3-4,11-12,17H,1-2,13-16,21H2. The maximum Gasteiger partial charge on any atom is 0.162 e. The second kappa shape index (κ2) is 11.6. The summed E-state index contributed by atoms with van der Waals surface area (Å²) in [6, 6.07) is 5.70. The van der Waals surface area contributed by atoms with E-state index in [0.29, 0.717) is 18.0 Å². The summed E-state index contributed by atoms with van der Waals surface area (Å²) in [5, 5.41) is 0. The predicted molar refractivity (Wildman–Crippen MR) is 93.9 cm³/mol. The van der Waals surface area contributed by atoms with Crippen molar-refractivity contribution in [2.45, 2.75) is 6.42 Å². The number of hydrogen-bond donors (Lipinski definition) is 1. The summed E-state index contributed by atoms with van der Waals surface area (Å²) in [6.07, 6.45) is 3.78. The van der Waals surface area contributed by atoms with Gasteiger partial charge in [0.25, 0.3) is 0 Å². The van der Waals surface area contributed by atoms with Gasteiger partial charge in [-0.05, 0) is 60.6 Å². The fraction of sp³-hybridized carbons (Fsp3) is 0.200. The van der Waals surface area contributed by atoms with Crippen LogP contribution in [0.1, 0.15) is 5.56 Å². The lowest BCUT2D eigenvalue weighted by Gasteiger charge is -2.11. The molecule has 0 spiro atoms. The van der Waals surface area contributed by atoms with E-state index in [1.807, 2.05) is 18.2 Å². The molecule has 0 unspecified atom stereocenters. The molecule has 3 nitrogen and oxygen atoms in total. The topological polar surface area (TPSA) is 44.5 Å². The summed E-state index contributed by atoms with van der Waals surface area (Å²) in [5.74, 6) is 17.5. The van der Waals surface area contributed by atoms with Crippen molar-refractivity contribution in [2.75, 3.05) is 19.8 Å². The first kappa shape index (κ1) is 18.0. The Hall–Kier alpha value is -3.06. The molecule has 0 aliphatic rings. The first-order valence-electron chi connectivity index (χ1n) is 7.09. The molecule has 2 N–H and O–H groups in total. The summed E-state index contributed by atoms with van der Waals surface area (Å²) in [6.45, 7) is 8.07. The third-order valence-electron chi connectivity index (χ3n) is 2.57. The minimum atomic E-state index is 0.219. The Morgan fingerprint density at radius 1 is 0.957 bits per heavy atom. The van der Waals surface area contributed by atoms with Crippen LogP contribution in [0.25, 0.3) is 0 Å². The average molecular weight is 305 g/mol. The maximum absolute atomic E-state index is 5.65. The second-order valence-corrected chi connectivity index (χ2v) is 4.20. The molecule has 0 amide bonds. The van der Waals surface area contributed by atoms with Crippen LogP contribution in [0.5, 0.6) is 11.5 Å². The van der Waals surface area contributed by atoms with Crippen LogP contribution in [-0.2, 0) is 6.42 Å². The van der Waals surface area contributed by atoms with Crippen molar-refractivity contribution < 1.29 is 9.47 Å². The average Bonchev–Trinajstić information content (AvgIpc) is 2.56. The Morgan fingerprint density at radius 2 is 1.70 bits per heavy atom. The molecule has 0 aliphatic carbocycles. The number of benzene rings is 1. The smallest absolute Gasteiger partial charge is 0.162 e. The molecule has 0 heterocycles. The van der Waals surface area contributed by atoms with Crippen LogP contribution in [0.2, 0.25) is 0 Å². The SMILES string of the molecule is C=CC#CC#CCOc1ccc(CCN)cc1OCC#CC=C. The summed E-state index contributed by atoms with van der Waals surface area (Å²) >= 11 is 0. The molecule has 0 radical (unpaired) electrons. The first-order valence-corrected chi connectivity index (χ1v) is 7.09. The zero-order valence-corrected chi connectivity index (χ0v) is 13.0. The van der Waals surface area contributed by atoms with Gasteiger partial charge in [0.05, 0.1) is 0 Å². The van der Waals surface area contributed by atoms with E-state index in [0.717, 1.165) is 12.0 Å². The van der Waals surface area contributed by atoms with Crippen molar-refractivity contribution in [2.24, 2.45) is 5.73 Å². The molecule has 1 rings (SSSR count). The van der Waals surface area contributed by atoms with Crippen LogP contribution in [0.3, 0.4) is 0 Å². The van der Waals surface area contributed by atoms with Crippen LogP contribution in [0, 0.1) is 35.5 Å². The molecule has 116 valence electrons. The van der Waals surface area contributed by atoms with E-state index in [1.54, 1.807) is 0 Å². The van der Waals surface area contributed by atoms with Gasteiger partial charge in [-0.1, -0.05) is 37.0 Å². The molecular weight excluding hydrogens is 286 g/mol. The van der Waals surface area contributed by atoms with E-state index < -0.39 is 0 Å². The molecule has 0 bridgehead atoms.